The van der Waals surface area contributed by atoms with Gasteiger partial charge in [0.1, 0.15) is 11.6 Å². The lowest BCUT2D eigenvalue weighted by Gasteiger charge is -2.10. The van der Waals surface area contributed by atoms with Gasteiger partial charge in [0.2, 0.25) is 0 Å². The number of halogens is 1. The number of nitrogens with zero attached hydrogens (tertiary/aromatic N) is 1. The van der Waals surface area contributed by atoms with Gasteiger partial charge in [0, 0.05) is 22.8 Å². The van der Waals surface area contributed by atoms with Crippen LogP contribution in [0.3, 0.4) is 0 Å². The number of methoxy groups -OCH3 is 1. The van der Waals surface area contributed by atoms with Gasteiger partial charge < -0.3 is 14.6 Å². The fourth-order valence-electron chi connectivity index (χ4n) is 2.85. The van der Waals surface area contributed by atoms with Crippen LogP contribution in [0.25, 0.3) is 5.69 Å². The Hall–Kier alpha value is -3.08. The van der Waals surface area contributed by atoms with E-state index in [0.29, 0.717) is 11.3 Å². The van der Waals surface area contributed by atoms with E-state index < -0.39 is 0 Å². The smallest absolute Gasteiger partial charge is 0.257 e. The summed E-state index contributed by atoms with van der Waals surface area (Å²) in [4.78, 5) is 12.6. The molecule has 1 N–H and O–H groups in total. The largest absolute Gasteiger partial charge is 0.497 e. The van der Waals surface area contributed by atoms with Crippen LogP contribution >= 0.6 is 0 Å². The van der Waals surface area contributed by atoms with E-state index in [4.69, 9.17) is 4.74 Å². The number of aryl methyl sites for hydroxylation is 1. The lowest BCUT2D eigenvalue weighted by Crippen LogP contribution is -2.13. The molecule has 128 valence electrons. The summed E-state index contributed by atoms with van der Waals surface area (Å²) in [5.74, 6) is 0.253. The third-order valence-electron chi connectivity index (χ3n) is 4.11. The maximum Gasteiger partial charge on any atom is 0.257 e. The number of benzene rings is 2. The fourth-order valence-corrected chi connectivity index (χ4v) is 2.85. The van der Waals surface area contributed by atoms with Crippen molar-refractivity contribution < 1.29 is 13.9 Å². The first kappa shape index (κ1) is 16.8. The van der Waals surface area contributed by atoms with Gasteiger partial charge in [0.25, 0.3) is 5.91 Å². The van der Waals surface area contributed by atoms with E-state index in [2.05, 4.69) is 5.32 Å². The molecule has 1 heterocycles. The lowest BCUT2D eigenvalue weighted by molar-refractivity contribution is 0.102. The Labute approximate surface area is 145 Å². The summed E-state index contributed by atoms with van der Waals surface area (Å²) < 4.78 is 20.2. The molecule has 0 atom stereocenters. The van der Waals surface area contributed by atoms with Crippen molar-refractivity contribution in [3.63, 3.8) is 0 Å². The fraction of sp³-hybridized carbons (Fsp3) is 0.150. The van der Waals surface area contributed by atoms with Crippen molar-refractivity contribution in [3.8, 4) is 11.4 Å². The van der Waals surface area contributed by atoms with Gasteiger partial charge in [-0.05, 0) is 68.4 Å². The standard InChI is InChI=1S/C20H19FN2O2/c1-13-12-19(14(2)23(13)17-8-4-15(21)5-9-17)20(24)22-16-6-10-18(25-3)11-7-16/h4-12H,1-3H3,(H,22,24). The minimum Gasteiger partial charge on any atom is -0.497 e. The van der Waals surface area contributed by atoms with E-state index in [9.17, 15) is 9.18 Å². The average Bonchev–Trinajstić information content (AvgIpc) is 2.91. The lowest BCUT2D eigenvalue weighted by atomic mass is 10.2. The number of carbonyl (C=O) groups is 1. The molecule has 0 radical (unpaired) electrons. The first-order valence-corrected chi connectivity index (χ1v) is 7.90. The van der Waals surface area contributed by atoms with E-state index in [0.717, 1.165) is 22.8 Å². The summed E-state index contributed by atoms with van der Waals surface area (Å²) in [6.07, 6.45) is 0. The van der Waals surface area contributed by atoms with Gasteiger partial charge in [-0.3, -0.25) is 4.79 Å². The molecule has 0 fully saturated rings. The predicted molar refractivity (Wildman–Crippen MR) is 96.1 cm³/mol. The first-order chi connectivity index (χ1) is 12.0. The molecule has 4 nitrogen and oxygen atoms in total. The van der Waals surface area contributed by atoms with Gasteiger partial charge in [-0.2, -0.15) is 0 Å². The van der Waals surface area contributed by atoms with E-state index >= 15 is 0 Å². The molecule has 3 rings (SSSR count). The molecule has 3 aromatic rings. The van der Waals surface area contributed by atoms with Crippen LogP contribution in [0, 0.1) is 19.7 Å². The summed E-state index contributed by atoms with van der Waals surface area (Å²) in [5, 5.41) is 2.88. The second kappa shape index (κ2) is 6.81. The Morgan fingerprint density at radius 3 is 2.28 bits per heavy atom. The van der Waals surface area contributed by atoms with Crippen LogP contribution in [0.5, 0.6) is 5.75 Å². The summed E-state index contributed by atoms with van der Waals surface area (Å²) in [6.45, 7) is 3.79. The van der Waals surface area contributed by atoms with Crippen molar-refractivity contribution in [2.45, 2.75) is 13.8 Å². The van der Waals surface area contributed by atoms with Gasteiger partial charge in [-0.1, -0.05) is 0 Å². The number of hydrogen-bond acceptors (Lipinski definition) is 2. The average molecular weight is 338 g/mol. The molecule has 2 aromatic carbocycles. The van der Waals surface area contributed by atoms with Gasteiger partial charge >= 0.3 is 0 Å². The highest BCUT2D eigenvalue weighted by atomic mass is 19.1. The maximum atomic E-state index is 13.2. The van der Waals surface area contributed by atoms with Crippen LogP contribution < -0.4 is 10.1 Å². The molecule has 1 amide bonds. The van der Waals surface area contributed by atoms with Gasteiger partial charge in [0.05, 0.1) is 12.7 Å². The van der Waals surface area contributed by atoms with Crippen LogP contribution in [0.1, 0.15) is 21.7 Å². The van der Waals surface area contributed by atoms with Gasteiger partial charge in [0.15, 0.2) is 0 Å². The van der Waals surface area contributed by atoms with Gasteiger partial charge in [-0.25, -0.2) is 4.39 Å². The zero-order chi connectivity index (χ0) is 18.0. The number of rotatable bonds is 4. The molecule has 0 aliphatic carbocycles. The predicted octanol–water partition coefficient (Wildman–Crippen LogP) is 4.49. The molecule has 0 saturated heterocycles. The van der Waals surface area contributed by atoms with Crippen molar-refractivity contribution >= 4 is 11.6 Å². The molecule has 5 heteroatoms. The van der Waals surface area contributed by atoms with Crippen molar-refractivity contribution in [3.05, 3.63) is 77.4 Å². The number of nitrogens with one attached hydrogen (secondary N) is 1. The third kappa shape index (κ3) is 3.40. The number of aromatic nitrogens is 1. The number of amides is 1. The summed E-state index contributed by atoms with van der Waals surface area (Å²) in [7, 11) is 1.60. The highest BCUT2D eigenvalue weighted by Gasteiger charge is 2.17. The third-order valence-corrected chi connectivity index (χ3v) is 4.11. The second-order valence-corrected chi connectivity index (χ2v) is 5.78. The van der Waals surface area contributed by atoms with E-state index in [1.807, 2.05) is 24.5 Å². The Morgan fingerprint density at radius 1 is 1.04 bits per heavy atom. The maximum absolute atomic E-state index is 13.2. The normalized spacial score (nSPS) is 10.6. The highest BCUT2D eigenvalue weighted by Crippen LogP contribution is 2.23. The van der Waals surface area contributed by atoms with Crippen molar-refractivity contribution in [2.24, 2.45) is 0 Å². The second-order valence-electron chi connectivity index (χ2n) is 5.78. The minimum absolute atomic E-state index is 0.188. The van der Waals surface area contributed by atoms with Crippen molar-refractivity contribution in [2.75, 3.05) is 12.4 Å². The molecule has 1 aromatic heterocycles. The summed E-state index contributed by atoms with van der Waals surface area (Å²) >= 11 is 0. The molecular weight excluding hydrogens is 319 g/mol. The zero-order valence-corrected chi connectivity index (χ0v) is 14.3. The molecule has 0 bridgehead atoms. The Balaban J connectivity index is 1.88. The SMILES string of the molecule is COc1ccc(NC(=O)c2cc(C)n(-c3ccc(F)cc3)c2C)cc1. The van der Waals surface area contributed by atoms with E-state index in [-0.39, 0.29) is 11.7 Å². The van der Waals surface area contributed by atoms with Crippen LogP contribution in [0.4, 0.5) is 10.1 Å². The van der Waals surface area contributed by atoms with Crippen LogP contribution in [-0.2, 0) is 0 Å². The number of anilines is 1. The first-order valence-electron chi connectivity index (χ1n) is 7.90. The molecule has 0 aliphatic rings. The van der Waals surface area contributed by atoms with Crippen LogP contribution in [0.15, 0.2) is 54.6 Å². The molecule has 0 unspecified atom stereocenters. The number of ether oxygens (including phenoxy) is 1. The monoisotopic (exact) mass is 338 g/mol. The van der Waals surface area contributed by atoms with Crippen molar-refractivity contribution in [1.29, 1.82) is 0 Å². The number of carbonyl (C=O) groups excluding carboxylic acids is 1. The topological polar surface area (TPSA) is 43.3 Å². The van der Waals surface area contributed by atoms with Crippen molar-refractivity contribution in [1.82, 2.24) is 4.57 Å². The van der Waals surface area contributed by atoms with E-state index in [1.54, 1.807) is 43.5 Å². The Bertz CT molecular complexity index is 897. The molecule has 0 saturated carbocycles. The molecule has 0 aliphatic heterocycles. The summed E-state index contributed by atoms with van der Waals surface area (Å²) in [6, 6.07) is 15.2. The molecule has 0 spiro atoms. The number of hydrogen-bond donors (Lipinski definition) is 1. The van der Waals surface area contributed by atoms with Gasteiger partial charge in [-0.15, -0.1) is 0 Å². The minimum atomic E-state index is -0.288. The Morgan fingerprint density at radius 2 is 1.68 bits per heavy atom. The van der Waals surface area contributed by atoms with Crippen LogP contribution in [0.2, 0.25) is 0 Å². The Kier molecular flexibility index (Phi) is 4.57. The summed E-state index contributed by atoms with van der Waals surface area (Å²) in [5.41, 5.74) is 3.80. The van der Waals surface area contributed by atoms with Crippen LogP contribution in [-0.4, -0.2) is 17.6 Å². The zero-order valence-electron chi connectivity index (χ0n) is 14.3. The highest BCUT2D eigenvalue weighted by molar-refractivity contribution is 6.05. The molecule has 25 heavy (non-hydrogen) atoms. The van der Waals surface area contributed by atoms with E-state index in [1.165, 1.54) is 12.1 Å². The molecular formula is C20H19FN2O2. The quantitative estimate of drug-likeness (QED) is 0.761.